The molecule has 0 aromatic heterocycles. The molecule has 5 heteroatoms. The second-order valence-electron chi connectivity index (χ2n) is 7.80. The number of amides is 2. The van der Waals surface area contributed by atoms with Crippen molar-refractivity contribution in [1.82, 2.24) is 4.90 Å². The molecule has 1 aliphatic rings. The average Bonchev–Trinajstić information content (AvgIpc) is 2.96. The van der Waals surface area contributed by atoms with Crippen LogP contribution in [0.5, 0.6) is 0 Å². The van der Waals surface area contributed by atoms with Crippen molar-refractivity contribution >= 4 is 23.1 Å². The molecule has 0 saturated heterocycles. The lowest BCUT2D eigenvalue weighted by atomic mass is 9.97. The molecule has 1 heterocycles. The first-order valence-corrected chi connectivity index (χ1v) is 10.1. The predicted molar refractivity (Wildman–Crippen MR) is 120 cm³/mol. The monoisotopic (exact) mass is 414 g/mol. The van der Waals surface area contributed by atoms with Gasteiger partial charge >= 0.3 is 0 Å². The molecule has 0 bridgehead atoms. The third-order valence-corrected chi connectivity index (χ3v) is 5.51. The average molecular weight is 414 g/mol. The fourth-order valence-corrected chi connectivity index (χ4v) is 3.82. The summed E-state index contributed by atoms with van der Waals surface area (Å²) in [5.41, 5.74) is 5.15. The van der Waals surface area contributed by atoms with Gasteiger partial charge in [-0.3, -0.25) is 14.5 Å². The molecule has 4 nitrogen and oxygen atoms in total. The summed E-state index contributed by atoms with van der Waals surface area (Å²) in [5.74, 6) is -1.35. The highest BCUT2D eigenvalue weighted by molar-refractivity contribution is 6.36. The Morgan fingerprint density at radius 2 is 1.55 bits per heavy atom. The number of hydrogen-bond acceptors (Lipinski definition) is 3. The van der Waals surface area contributed by atoms with Crippen molar-refractivity contribution < 1.29 is 14.0 Å². The number of para-hydroxylation sites is 1. The summed E-state index contributed by atoms with van der Waals surface area (Å²) in [7, 11) is 0. The number of hydrogen-bond donors (Lipinski definition) is 1. The van der Waals surface area contributed by atoms with Crippen LogP contribution in [0.1, 0.15) is 27.8 Å². The Bertz CT molecular complexity index is 1230. The highest BCUT2D eigenvalue weighted by Gasteiger charge is 2.40. The number of anilines is 1. The highest BCUT2D eigenvalue weighted by Crippen LogP contribution is 2.34. The van der Waals surface area contributed by atoms with Gasteiger partial charge in [-0.1, -0.05) is 60.2 Å². The zero-order valence-electron chi connectivity index (χ0n) is 17.7. The zero-order valence-corrected chi connectivity index (χ0v) is 17.7. The topological polar surface area (TPSA) is 49.4 Å². The van der Waals surface area contributed by atoms with Gasteiger partial charge in [0.05, 0.1) is 12.1 Å². The zero-order chi connectivity index (χ0) is 22.1. The van der Waals surface area contributed by atoms with Crippen molar-refractivity contribution in [2.24, 2.45) is 0 Å². The second-order valence-corrected chi connectivity index (χ2v) is 7.80. The van der Waals surface area contributed by atoms with Gasteiger partial charge < -0.3 is 5.32 Å². The second kappa shape index (κ2) is 8.19. The van der Waals surface area contributed by atoms with Crippen LogP contribution in [0.2, 0.25) is 0 Å². The van der Waals surface area contributed by atoms with Crippen LogP contribution in [0.3, 0.4) is 0 Å². The standard InChI is InChI=1S/C26H23FN2O2/c1-16-12-13-20(18(3)14-16)23-24(28-22-11-7-4-8-17(22)2)26(31)29(25(23)30)15-19-9-5-6-10-21(19)27/h4-14,28H,15H2,1-3H3. The number of halogens is 1. The van der Waals surface area contributed by atoms with Gasteiger partial charge in [0.15, 0.2) is 0 Å². The number of carbonyl (C=O) groups is 2. The fraction of sp³-hybridized carbons (Fsp3) is 0.154. The largest absolute Gasteiger partial charge is 0.350 e. The summed E-state index contributed by atoms with van der Waals surface area (Å²) in [6.07, 6.45) is 0. The molecule has 0 atom stereocenters. The van der Waals surface area contributed by atoms with E-state index in [-0.39, 0.29) is 12.2 Å². The molecule has 0 spiro atoms. The highest BCUT2D eigenvalue weighted by atomic mass is 19.1. The van der Waals surface area contributed by atoms with E-state index in [1.807, 2.05) is 63.2 Å². The van der Waals surface area contributed by atoms with Gasteiger partial charge in [-0.05, 0) is 49.6 Å². The Morgan fingerprint density at radius 3 is 2.26 bits per heavy atom. The number of nitrogens with one attached hydrogen (secondary N) is 1. The third-order valence-electron chi connectivity index (χ3n) is 5.51. The fourth-order valence-electron chi connectivity index (χ4n) is 3.82. The van der Waals surface area contributed by atoms with Gasteiger partial charge in [0.25, 0.3) is 11.8 Å². The molecule has 0 fully saturated rings. The van der Waals surface area contributed by atoms with Crippen LogP contribution in [0, 0.1) is 26.6 Å². The van der Waals surface area contributed by atoms with Crippen molar-refractivity contribution in [1.29, 1.82) is 0 Å². The number of benzene rings is 3. The summed E-state index contributed by atoms with van der Waals surface area (Å²) >= 11 is 0. The minimum Gasteiger partial charge on any atom is -0.350 e. The predicted octanol–water partition coefficient (Wildman–Crippen LogP) is 5.14. The van der Waals surface area contributed by atoms with Crippen molar-refractivity contribution in [2.75, 3.05) is 5.32 Å². The van der Waals surface area contributed by atoms with Gasteiger partial charge in [-0.2, -0.15) is 0 Å². The summed E-state index contributed by atoms with van der Waals surface area (Å²) in [6.45, 7) is 5.69. The molecule has 0 radical (unpaired) electrons. The summed E-state index contributed by atoms with van der Waals surface area (Å²) in [6, 6.07) is 19.5. The lowest BCUT2D eigenvalue weighted by molar-refractivity contribution is -0.137. The molecule has 3 aromatic carbocycles. The van der Waals surface area contributed by atoms with Crippen molar-refractivity contribution in [2.45, 2.75) is 27.3 Å². The van der Waals surface area contributed by atoms with Gasteiger partial charge in [0.1, 0.15) is 11.5 Å². The van der Waals surface area contributed by atoms with E-state index in [0.29, 0.717) is 16.7 Å². The van der Waals surface area contributed by atoms with Gasteiger partial charge in [-0.15, -0.1) is 0 Å². The molecular formula is C26H23FN2O2. The Hall–Kier alpha value is -3.73. The van der Waals surface area contributed by atoms with Crippen LogP contribution >= 0.6 is 0 Å². The van der Waals surface area contributed by atoms with E-state index in [2.05, 4.69) is 5.32 Å². The first-order valence-electron chi connectivity index (χ1n) is 10.1. The van der Waals surface area contributed by atoms with Crippen LogP contribution in [-0.2, 0) is 16.1 Å². The van der Waals surface area contributed by atoms with Gasteiger partial charge in [-0.25, -0.2) is 4.39 Å². The normalized spacial score (nSPS) is 13.9. The van der Waals surface area contributed by atoms with Crippen LogP contribution in [-0.4, -0.2) is 16.7 Å². The molecule has 0 saturated carbocycles. The van der Waals surface area contributed by atoms with E-state index in [1.54, 1.807) is 18.2 Å². The molecule has 156 valence electrons. The number of rotatable bonds is 5. The van der Waals surface area contributed by atoms with E-state index < -0.39 is 17.6 Å². The molecule has 1 N–H and O–H groups in total. The molecule has 0 aliphatic carbocycles. The Labute approximate surface area is 181 Å². The Morgan fingerprint density at radius 1 is 0.839 bits per heavy atom. The maximum Gasteiger partial charge on any atom is 0.278 e. The third kappa shape index (κ3) is 3.87. The number of nitrogens with zero attached hydrogens (tertiary/aromatic N) is 1. The van der Waals surface area contributed by atoms with E-state index in [1.165, 1.54) is 6.07 Å². The maximum atomic E-state index is 14.2. The van der Waals surface area contributed by atoms with E-state index in [0.717, 1.165) is 27.3 Å². The molecule has 2 amide bonds. The molecule has 1 aliphatic heterocycles. The van der Waals surface area contributed by atoms with E-state index in [9.17, 15) is 14.0 Å². The maximum absolute atomic E-state index is 14.2. The van der Waals surface area contributed by atoms with Crippen LogP contribution in [0.4, 0.5) is 10.1 Å². The minimum absolute atomic E-state index is 0.127. The molecule has 0 unspecified atom stereocenters. The Kier molecular flexibility index (Phi) is 5.42. The molecule has 4 rings (SSSR count). The van der Waals surface area contributed by atoms with Crippen LogP contribution in [0.25, 0.3) is 5.57 Å². The van der Waals surface area contributed by atoms with E-state index >= 15 is 0 Å². The van der Waals surface area contributed by atoms with Crippen molar-refractivity contribution in [3.8, 4) is 0 Å². The van der Waals surface area contributed by atoms with Crippen molar-refractivity contribution in [3.63, 3.8) is 0 Å². The lowest BCUT2D eigenvalue weighted by Gasteiger charge is -2.16. The number of imide groups is 1. The summed E-state index contributed by atoms with van der Waals surface area (Å²) in [5, 5.41) is 3.18. The first-order chi connectivity index (χ1) is 14.9. The molecule has 31 heavy (non-hydrogen) atoms. The lowest BCUT2D eigenvalue weighted by Crippen LogP contribution is -2.32. The van der Waals surface area contributed by atoms with Crippen LogP contribution < -0.4 is 5.32 Å². The van der Waals surface area contributed by atoms with Crippen molar-refractivity contribution in [3.05, 3.63) is 106 Å². The number of aryl methyl sites for hydroxylation is 3. The smallest absolute Gasteiger partial charge is 0.278 e. The molecular weight excluding hydrogens is 391 g/mol. The van der Waals surface area contributed by atoms with Gasteiger partial charge in [0.2, 0.25) is 0 Å². The van der Waals surface area contributed by atoms with E-state index in [4.69, 9.17) is 0 Å². The van der Waals surface area contributed by atoms with Gasteiger partial charge in [0, 0.05) is 11.3 Å². The van der Waals surface area contributed by atoms with Crippen LogP contribution in [0.15, 0.2) is 72.4 Å². The first kappa shape index (κ1) is 20.5. The number of carbonyl (C=O) groups excluding carboxylic acids is 2. The summed E-state index contributed by atoms with van der Waals surface area (Å²) in [4.78, 5) is 27.9. The quantitative estimate of drug-likeness (QED) is 0.588. The SMILES string of the molecule is Cc1ccc(C2=C(Nc3ccccc3C)C(=O)N(Cc3ccccc3F)C2=O)c(C)c1. The minimum atomic E-state index is -0.466. The molecule has 3 aromatic rings. The summed E-state index contributed by atoms with van der Waals surface area (Å²) < 4.78 is 14.2. The Balaban J connectivity index is 1.81.